The Morgan fingerprint density at radius 3 is 2.52 bits per heavy atom. The Bertz CT molecular complexity index is 1510. The van der Waals surface area contributed by atoms with Gasteiger partial charge in [-0.3, -0.25) is 4.79 Å². The van der Waals surface area contributed by atoms with Crippen molar-refractivity contribution in [1.82, 2.24) is 8.87 Å². The van der Waals surface area contributed by atoms with Crippen molar-refractivity contribution in [1.29, 1.82) is 0 Å². The fourth-order valence-electron chi connectivity index (χ4n) is 5.25. The molecule has 2 aliphatic heterocycles. The van der Waals surface area contributed by atoms with Crippen LogP contribution < -0.4 is 5.56 Å². The molecular formula is C25H21FN2O3S2. The third kappa shape index (κ3) is 3.44. The van der Waals surface area contributed by atoms with Gasteiger partial charge in [-0.05, 0) is 60.2 Å². The molecule has 4 heterocycles. The van der Waals surface area contributed by atoms with Crippen molar-refractivity contribution in [2.45, 2.75) is 23.8 Å². The third-order valence-corrected chi connectivity index (χ3v) is 9.69. The molecule has 1 saturated heterocycles. The van der Waals surface area contributed by atoms with Gasteiger partial charge in [0.25, 0.3) is 5.56 Å². The fourth-order valence-corrected chi connectivity index (χ4v) is 7.90. The molecule has 0 aliphatic carbocycles. The molecule has 8 heteroatoms. The Morgan fingerprint density at radius 2 is 1.73 bits per heavy atom. The summed E-state index contributed by atoms with van der Waals surface area (Å²) < 4.78 is 44.5. The predicted octanol–water partition coefficient (Wildman–Crippen LogP) is 4.68. The summed E-state index contributed by atoms with van der Waals surface area (Å²) >= 11 is 1.68. The lowest BCUT2D eigenvalue weighted by Gasteiger charge is -2.42. The normalized spacial score (nSPS) is 20.6. The molecule has 4 aromatic rings. The van der Waals surface area contributed by atoms with Crippen LogP contribution in [0.15, 0.2) is 76.4 Å². The van der Waals surface area contributed by atoms with Crippen LogP contribution in [0.4, 0.5) is 4.39 Å². The van der Waals surface area contributed by atoms with Gasteiger partial charge in [0, 0.05) is 52.5 Å². The average molecular weight is 481 g/mol. The zero-order chi connectivity index (χ0) is 22.7. The zero-order valence-corrected chi connectivity index (χ0v) is 19.3. The van der Waals surface area contributed by atoms with Crippen LogP contribution in [-0.2, 0) is 16.6 Å². The quantitative estimate of drug-likeness (QED) is 0.428. The molecule has 2 bridgehead atoms. The molecule has 168 valence electrons. The summed E-state index contributed by atoms with van der Waals surface area (Å²) in [7, 11) is -3.75. The summed E-state index contributed by atoms with van der Waals surface area (Å²) in [6.45, 7) is 1.16. The van der Waals surface area contributed by atoms with Crippen LogP contribution in [0.5, 0.6) is 0 Å². The predicted molar refractivity (Wildman–Crippen MR) is 128 cm³/mol. The smallest absolute Gasteiger partial charge is 0.250 e. The molecule has 1 fully saturated rings. The molecule has 0 spiro atoms. The lowest BCUT2D eigenvalue weighted by atomic mass is 9.82. The van der Waals surface area contributed by atoms with Crippen molar-refractivity contribution in [2.75, 3.05) is 13.1 Å². The minimum atomic E-state index is -3.75. The van der Waals surface area contributed by atoms with Crippen molar-refractivity contribution >= 4 is 31.4 Å². The summed E-state index contributed by atoms with van der Waals surface area (Å²) in [5, 5.41) is 1.15. The van der Waals surface area contributed by atoms with Crippen LogP contribution in [0, 0.1) is 11.7 Å². The van der Waals surface area contributed by atoms with Crippen LogP contribution in [0.2, 0.25) is 0 Å². The minimum Gasteiger partial charge on any atom is -0.311 e. The number of benzene rings is 2. The van der Waals surface area contributed by atoms with Gasteiger partial charge in [0.05, 0.1) is 4.90 Å². The fraction of sp³-hybridized carbons (Fsp3) is 0.240. The largest absolute Gasteiger partial charge is 0.311 e. The number of aromatic nitrogens is 1. The van der Waals surface area contributed by atoms with E-state index in [9.17, 15) is 17.6 Å². The number of sulfonamides is 1. The maximum atomic E-state index is 13.4. The van der Waals surface area contributed by atoms with Gasteiger partial charge in [-0.15, -0.1) is 11.3 Å². The van der Waals surface area contributed by atoms with Gasteiger partial charge in [-0.1, -0.05) is 18.2 Å². The van der Waals surface area contributed by atoms with Gasteiger partial charge >= 0.3 is 0 Å². The molecule has 0 radical (unpaired) electrons. The number of hydrogen-bond acceptors (Lipinski definition) is 4. The number of rotatable bonds is 3. The number of piperidine rings is 1. The SMILES string of the molecule is O=c1ccc(-c2cc3ccccc3s2)c2n1C[C@H]1C[C@H]2CN(S(=O)(=O)c2ccc(F)cc2)C1. The van der Waals surface area contributed by atoms with E-state index >= 15 is 0 Å². The van der Waals surface area contributed by atoms with Gasteiger partial charge in [0.2, 0.25) is 10.0 Å². The number of pyridine rings is 1. The summed E-state index contributed by atoms with van der Waals surface area (Å²) in [5.41, 5.74) is 1.88. The average Bonchev–Trinajstić information content (AvgIpc) is 3.24. The van der Waals surface area contributed by atoms with Gasteiger partial charge in [-0.2, -0.15) is 4.31 Å². The molecule has 0 N–H and O–H groups in total. The van der Waals surface area contributed by atoms with Crippen LogP contribution in [0.3, 0.4) is 0 Å². The van der Waals surface area contributed by atoms with E-state index in [1.54, 1.807) is 17.4 Å². The Kier molecular flexibility index (Phi) is 4.79. The highest BCUT2D eigenvalue weighted by atomic mass is 32.2. The zero-order valence-electron chi connectivity index (χ0n) is 17.6. The molecule has 0 saturated carbocycles. The number of halogens is 1. The number of hydrogen-bond donors (Lipinski definition) is 0. The second-order valence-corrected chi connectivity index (χ2v) is 11.8. The molecule has 33 heavy (non-hydrogen) atoms. The van der Waals surface area contributed by atoms with Crippen LogP contribution >= 0.6 is 11.3 Å². The van der Waals surface area contributed by atoms with E-state index in [0.29, 0.717) is 19.6 Å². The van der Waals surface area contributed by atoms with E-state index in [1.165, 1.54) is 33.3 Å². The Morgan fingerprint density at radius 1 is 0.939 bits per heavy atom. The molecule has 2 aliphatic rings. The Hall–Kier alpha value is -2.81. The van der Waals surface area contributed by atoms with Gasteiger partial charge in [-0.25, -0.2) is 12.8 Å². The van der Waals surface area contributed by atoms with E-state index in [1.807, 2.05) is 22.8 Å². The van der Waals surface area contributed by atoms with Crippen LogP contribution in [0.25, 0.3) is 20.5 Å². The first kappa shape index (κ1) is 20.8. The van der Waals surface area contributed by atoms with Crippen molar-refractivity contribution in [3.05, 3.63) is 88.6 Å². The topological polar surface area (TPSA) is 59.4 Å². The van der Waals surface area contributed by atoms with Crippen molar-refractivity contribution in [3.8, 4) is 10.4 Å². The molecule has 2 aromatic carbocycles. The summed E-state index contributed by atoms with van der Waals surface area (Å²) in [6, 6.07) is 18.8. The van der Waals surface area contributed by atoms with Crippen LogP contribution in [0.1, 0.15) is 18.0 Å². The Balaban J connectivity index is 1.43. The van der Waals surface area contributed by atoms with E-state index in [-0.39, 0.29) is 22.3 Å². The van der Waals surface area contributed by atoms with Crippen molar-refractivity contribution in [3.63, 3.8) is 0 Å². The summed E-state index contributed by atoms with van der Waals surface area (Å²) in [4.78, 5) is 14.0. The van der Waals surface area contributed by atoms with Crippen molar-refractivity contribution < 1.29 is 12.8 Å². The van der Waals surface area contributed by atoms with Gasteiger partial charge in [0.1, 0.15) is 5.82 Å². The number of thiophene rings is 1. The van der Waals surface area contributed by atoms with Gasteiger partial charge in [0.15, 0.2) is 0 Å². The first-order chi connectivity index (χ1) is 15.9. The third-order valence-electron chi connectivity index (χ3n) is 6.70. The molecule has 5 nitrogen and oxygen atoms in total. The van der Waals surface area contributed by atoms with E-state index in [4.69, 9.17) is 0 Å². The van der Waals surface area contributed by atoms with Crippen molar-refractivity contribution in [2.24, 2.45) is 5.92 Å². The van der Waals surface area contributed by atoms with E-state index in [2.05, 4.69) is 18.2 Å². The molecular weight excluding hydrogens is 459 g/mol. The van der Waals surface area contributed by atoms with Gasteiger partial charge < -0.3 is 4.57 Å². The molecule has 2 atom stereocenters. The van der Waals surface area contributed by atoms with E-state index < -0.39 is 15.8 Å². The summed E-state index contributed by atoms with van der Waals surface area (Å²) in [6.07, 6.45) is 0.844. The maximum absolute atomic E-state index is 13.4. The summed E-state index contributed by atoms with van der Waals surface area (Å²) in [5.74, 6) is -0.491. The van der Waals surface area contributed by atoms with E-state index in [0.717, 1.165) is 27.9 Å². The maximum Gasteiger partial charge on any atom is 0.250 e. The highest BCUT2D eigenvalue weighted by Crippen LogP contribution is 2.43. The molecule has 0 unspecified atom stereocenters. The first-order valence-electron chi connectivity index (χ1n) is 10.9. The molecule has 2 aromatic heterocycles. The molecule has 6 rings (SSSR count). The minimum absolute atomic E-state index is 0.0422. The standard InChI is InChI=1S/C25H21FN2O3S2/c26-19-5-7-20(8-6-19)33(30,31)27-13-16-11-18(15-27)25-21(9-10-24(29)28(25)14-16)23-12-17-3-1-2-4-22(17)32-23/h1-10,12,16,18H,11,13-15H2/t16-,18-/m0/s1. The highest BCUT2D eigenvalue weighted by molar-refractivity contribution is 7.89. The Labute approximate surface area is 194 Å². The lowest BCUT2D eigenvalue weighted by Crippen LogP contribution is -2.49. The number of fused-ring (bicyclic) bond motifs is 5. The first-order valence-corrected chi connectivity index (χ1v) is 13.1. The monoisotopic (exact) mass is 480 g/mol. The molecule has 0 amide bonds. The highest BCUT2D eigenvalue weighted by Gasteiger charge is 2.40. The van der Waals surface area contributed by atoms with Crippen LogP contribution in [-0.4, -0.2) is 30.4 Å². The lowest BCUT2D eigenvalue weighted by molar-refractivity contribution is 0.187. The second-order valence-electron chi connectivity index (χ2n) is 8.80. The number of nitrogens with zero attached hydrogens (tertiary/aromatic N) is 2. The second kappa shape index (κ2) is 7.62.